The van der Waals surface area contributed by atoms with Crippen LogP contribution < -0.4 is 10.4 Å². The number of tetrazole rings is 1. The molecule has 0 aliphatic carbocycles. The van der Waals surface area contributed by atoms with Gasteiger partial charge in [-0.15, -0.1) is 10.2 Å². The minimum absolute atomic E-state index is 0.273. The Morgan fingerprint density at radius 1 is 1.27 bits per heavy atom. The molecule has 1 aliphatic rings. The summed E-state index contributed by atoms with van der Waals surface area (Å²) in [6.45, 7) is 5.40. The molecule has 1 aromatic carbocycles. The van der Waals surface area contributed by atoms with E-state index in [1.54, 1.807) is 4.80 Å². The minimum atomic E-state index is -5.19. The zero-order valence-corrected chi connectivity index (χ0v) is 14.4. The van der Waals surface area contributed by atoms with Gasteiger partial charge in [-0.05, 0) is 24.6 Å². The number of nitrogens with zero attached hydrogens (tertiary/aromatic N) is 4. The monoisotopic (exact) mass is 371 g/mol. The summed E-state index contributed by atoms with van der Waals surface area (Å²) < 4.78 is 31.5. The fourth-order valence-electron chi connectivity index (χ4n) is 2.58. The van der Waals surface area contributed by atoms with E-state index in [1.165, 1.54) is 18.5 Å². The fraction of sp³-hybridized carbons (Fsp3) is 0.500. The van der Waals surface area contributed by atoms with Crippen molar-refractivity contribution < 1.29 is 28.4 Å². The van der Waals surface area contributed by atoms with E-state index in [-0.39, 0.29) is 5.54 Å². The van der Waals surface area contributed by atoms with Crippen molar-refractivity contribution >= 4 is 5.97 Å². The van der Waals surface area contributed by atoms with Crippen molar-refractivity contribution in [1.82, 2.24) is 20.2 Å². The van der Waals surface area contributed by atoms with E-state index in [4.69, 9.17) is 9.90 Å². The first-order valence-electron chi connectivity index (χ1n) is 8.10. The van der Waals surface area contributed by atoms with Gasteiger partial charge in [0, 0.05) is 12.8 Å². The van der Waals surface area contributed by atoms with Crippen molar-refractivity contribution in [2.45, 2.75) is 44.4 Å². The van der Waals surface area contributed by atoms with Gasteiger partial charge in [0.1, 0.15) is 11.5 Å². The highest BCUT2D eigenvalue weighted by Gasteiger charge is 2.30. The number of hydrogen-bond donors (Lipinski definition) is 1. The van der Waals surface area contributed by atoms with E-state index in [0.29, 0.717) is 6.04 Å². The van der Waals surface area contributed by atoms with Crippen molar-refractivity contribution in [1.29, 1.82) is 0 Å². The van der Waals surface area contributed by atoms with Crippen LogP contribution in [-0.4, -0.2) is 38.9 Å². The molecule has 2 N–H and O–H groups in total. The van der Waals surface area contributed by atoms with Gasteiger partial charge in [-0.25, -0.2) is 0 Å². The quantitative estimate of drug-likeness (QED) is 0.828. The molecular weight excluding hydrogens is 351 g/mol. The number of halogens is 3. The van der Waals surface area contributed by atoms with Crippen molar-refractivity contribution in [3.63, 3.8) is 0 Å². The maximum Gasteiger partial charge on any atom is 0.430 e. The van der Waals surface area contributed by atoms with Gasteiger partial charge >= 0.3 is 6.18 Å². The summed E-state index contributed by atoms with van der Waals surface area (Å²) >= 11 is 0. The smallest absolute Gasteiger partial charge is 0.430 e. The molecule has 0 unspecified atom stereocenters. The number of hydrogen-bond acceptors (Lipinski definition) is 5. The Bertz CT molecular complexity index is 725. The molecule has 0 saturated carbocycles. The predicted molar refractivity (Wildman–Crippen MR) is 82.5 cm³/mol. The molecule has 1 saturated heterocycles. The maximum atomic E-state index is 10.5. The highest BCUT2D eigenvalue weighted by atomic mass is 19.4. The highest BCUT2D eigenvalue weighted by Crippen LogP contribution is 2.24. The van der Waals surface area contributed by atoms with Crippen LogP contribution in [0, 0.1) is 0 Å². The normalized spacial score (nSPS) is 17.5. The molecule has 10 heteroatoms. The lowest BCUT2D eigenvalue weighted by atomic mass is 9.95. The molecule has 1 fully saturated rings. The summed E-state index contributed by atoms with van der Waals surface area (Å²) in [6, 6.07) is 10.7. The topological polar surface area (TPSA) is 100 Å². The molecule has 0 spiro atoms. The van der Waals surface area contributed by atoms with E-state index in [9.17, 15) is 13.2 Å². The number of carbonyl (C=O) groups excluding carboxylic acids is 1. The molecule has 1 aromatic heterocycles. The van der Waals surface area contributed by atoms with Crippen LogP contribution in [0.2, 0.25) is 0 Å². The number of alkyl halides is 3. The summed E-state index contributed by atoms with van der Waals surface area (Å²) in [7, 11) is 0. The van der Waals surface area contributed by atoms with E-state index in [1.807, 2.05) is 18.2 Å². The molecule has 2 heterocycles. The van der Waals surface area contributed by atoms with Crippen LogP contribution in [0.3, 0.4) is 0 Å². The SMILES string of the molecule is CC(C)(c1ccccc1)n1nnc([C@H]2CCC[NH2+]2)n1.O=C([O-])C(F)(F)F. The van der Waals surface area contributed by atoms with E-state index < -0.39 is 12.1 Å². The summed E-state index contributed by atoms with van der Waals surface area (Å²) in [5, 5.41) is 24.2. The number of carbonyl (C=O) groups is 1. The minimum Gasteiger partial charge on any atom is -0.542 e. The Morgan fingerprint density at radius 2 is 1.88 bits per heavy atom. The van der Waals surface area contributed by atoms with Crippen LogP contribution in [0.15, 0.2) is 30.3 Å². The van der Waals surface area contributed by atoms with Crippen LogP contribution in [0.5, 0.6) is 0 Å². The zero-order valence-electron chi connectivity index (χ0n) is 14.4. The fourth-order valence-corrected chi connectivity index (χ4v) is 2.58. The summed E-state index contributed by atoms with van der Waals surface area (Å²) in [4.78, 5) is 10.5. The second-order valence-corrected chi connectivity index (χ2v) is 6.42. The van der Waals surface area contributed by atoms with Crippen molar-refractivity contribution in [3.8, 4) is 0 Å². The second kappa shape index (κ2) is 7.81. The molecule has 2 aromatic rings. The largest absolute Gasteiger partial charge is 0.542 e. The zero-order chi connectivity index (χ0) is 19.4. The lowest BCUT2D eigenvalue weighted by molar-refractivity contribution is -0.677. The summed E-state index contributed by atoms with van der Waals surface area (Å²) in [6.07, 6.45) is -2.81. The van der Waals surface area contributed by atoms with Crippen molar-refractivity contribution in [2.75, 3.05) is 6.54 Å². The molecule has 1 atom stereocenters. The van der Waals surface area contributed by atoms with Crippen LogP contribution in [-0.2, 0) is 10.3 Å². The molecule has 0 bridgehead atoms. The second-order valence-electron chi connectivity index (χ2n) is 6.42. The van der Waals surface area contributed by atoms with E-state index in [0.717, 1.165) is 12.2 Å². The van der Waals surface area contributed by atoms with Crippen LogP contribution >= 0.6 is 0 Å². The molecule has 3 rings (SSSR count). The lowest BCUT2D eigenvalue weighted by Crippen LogP contribution is -2.82. The molecular formula is C16H20F3N5O2. The Balaban J connectivity index is 0.000000298. The third kappa shape index (κ3) is 4.78. The molecule has 1 aliphatic heterocycles. The number of carboxylic acid groups (broad SMARTS) is 1. The summed E-state index contributed by atoms with van der Waals surface area (Å²) in [5.41, 5.74) is 0.917. The van der Waals surface area contributed by atoms with Crippen LogP contribution in [0.25, 0.3) is 0 Å². The van der Waals surface area contributed by atoms with E-state index in [2.05, 4.69) is 46.7 Å². The van der Waals surface area contributed by atoms with Gasteiger partial charge in [-0.2, -0.15) is 18.0 Å². The number of aromatic nitrogens is 4. The molecule has 142 valence electrons. The van der Waals surface area contributed by atoms with Gasteiger partial charge in [-0.1, -0.05) is 30.3 Å². The Hall–Kier alpha value is -2.49. The highest BCUT2D eigenvalue weighted by molar-refractivity contribution is 5.70. The maximum absolute atomic E-state index is 10.5. The van der Waals surface area contributed by atoms with Crippen molar-refractivity contribution in [2.24, 2.45) is 0 Å². The van der Waals surface area contributed by atoms with Gasteiger partial charge < -0.3 is 15.2 Å². The Morgan fingerprint density at radius 3 is 2.38 bits per heavy atom. The average molecular weight is 371 g/mol. The standard InChI is InChI=1S/C14H19N5.C2HF3O2/c1-14(2,11-7-4-3-5-8-11)19-17-13(16-18-19)12-9-6-10-15-12;3-2(4,5)1(6)7/h3-5,7-8,12,15H,6,9-10H2,1-2H3;(H,6,7)/t12-;/m1./s1. The van der Waals surface area contributed by atoms with E-state index >= 15 is 0 Å². The third-order valence-electron chi connectivity index (χ3n) is 4.14. The number of quaternary nitrogens is 1. The average Bonchev–Trinajstić information content (AvgIpc) is 3.27. The number of benzene rings is 1. The third-order valence-corrected chi connectivity index (χ3v) is 4.14. The Labute approximate surface area is 148 Å². The van der Waals surface area contributed by atoms with Gasteiger partial charge in [-0.3, -0.25) is 0 Å². The van der Waals surface area contributed by atoms with Crippen molar-refractivity contribution in [3.05, 3.63) is 41.7 Å². The van der Waals surface area contributed by atoms with Gasteiger partial charge in [0.2, 0.25) is 5.82 Å². The Kier molecular flexibility index (Phi) is 5.96. The van der Waals surface area contributed by atoms with Gasteiger partial charge in [0.15, 0.2) is 6.04 Å². The summed E-state index contributed by atoms with van der Waals surface area (Å²) in [5.74, 6) is -2.14. The molecule has 26 heavy (non-hydrogen) atoms. The molecule has 0 amide bonds. The molecule has 7 nitrogen and oxygen atoms in total. The number of rotatable bonds is 3. The number of nitrogens with two attached hydrogens (primary N) is 1. The first-order chi connectivity index (χ1) is 12.1. The van der Waals surface area contributed by atoms with Crippen LogP contribution in [0.1, 0.15) is 44.1 Å². The lowest BCUT2D eigenvalue weighted by Gasteiger charge is -2.23. The first-order valence-corrected chi connectivity index (χ1v) is 8.10. The number of carboxylic acids is 1. The predicted octanol–water partition coefficient (Wildman–Crippen LogP) is 0.153. The van der Waals surface area contributed by atoms with Gasteiger partial charge in [0.25, 0.3) is 0 Å². The first kappa shape index (κ1) is 19.8. The van der Waals surface area contributed by atoms with Gasteiger partial charge in [0.05, 0.1) is 6.54 Å². The molecule has 0 radical (unpaired) electrons. The number of aliphatic carboxylic acids is 1. The van der Waals surface area contributed by atoms with Crippen LogP contribution in [0.4, 0.5) is 13.2 Å².